The van der Waals surface area contributed by atoms with Gasteiger partial charge in [-0.2, -0.15) is 0 Å². The van der Waals surface area contributed by atoms with Crippen LogP contribution in [0.25, 0.3) is 0 Å². The number of hydrogen-bond donors (Lipinski definition) is 2. The van der Waals surface area contributed by atoms with Crippen molar-refractivity contribution in [2.24, 2.45) is 5.16 Å². The van der Waals surface area contributed by atoms with Crippen molar-refractivity contribution in [2.75, 3.05) is 11.5 Å². The number of carbonyl (C=O) groups excluding carboxylic acids is 3. The van der Waals surface area contributed by atoms with Crippen LogP contribution in [0, 0.1) is 0 Å². The van der Waals surface area contributed by atoms with Crippen LogP contribution in [0.3, 0.4) is 0 Å². The summed E-state index contributed by atoms with van der Waals surface area (Å²) in [5.74, 6) is -2.53. The summed E-state index contributed by atoms with van der Waals surface area (Å²) < 4.78 is 0. The molecule has 4 aromatic rings. The van der Waals surface area contributed by atoms with Gasteiger partial charge in [-0.25, -0.2) is 4.98 Å². The van der Waals surface area contributed by atoms with E-state index in [-0.39, 0.29) is 79.4 Å². The molecule has 0 radical (unpaired) electrons. The maximum Gasteiger partial charge on any atom is 1.00 e. The zero-order valence-corrected chi connectivity index (χ0v) is 29.4. The summed E-state index contributed by atoms with van der Waals surface area (Å²) in [6.07, 6.45) is 1.39. The van der Waals surface area contributed by atoms with Crippen LogP contribution in [0.1, 0.15) is 22.4 Å². The number of carbonyl (C=O) groups is 3. The molecule has 2 atom stereocenters. The summed E-state index contributed by atoms with van der Waals surface area (Å²) in [5.41, 5.74) is 7.00. The molecule has 2 aliphatic heterocycles. The van der Waals surface area contributed by atoms with Gasteiger partial charge in [-0.1, -0.05) is 109 Å². The molecule has 1 saturated heterocycles. The van der Waals surface area contributed by atoms with E-state index < -0.39 is 34.8 Å². The first-order valence-corrected chi connectivity index (χ1v) is 15.7. The molecule has 13 heteroatoms. The van der Waals surface area contributed by atoms with Gasteiger partial charge in [0.15, 0.2) is 10.8 Å². The fourth-order valence-corrected chi connectivity index (χ4v) is 7.28. The number of nitrogens with two attached hydrogens (primary N) is 1. The topological polar surface area (TPSA) is 150 Å². The number of carboxylic acid groups (broad SMARTS) is 1. The van der Waals surface area contributed by atoms with Crippen molar-refractivity contribution in [1.82, 2.24) is 15.2 Å². The molecule has 10 nitrogen and oxygen atoms in total. The molecule has 226 valence electrons. The minimum Gasteiger partial charge on any atom is -0.543 e. The Morgan fingerprint density at radius 3 is 2.02 bits per heavy atom. The first-order chi connectivity index (χ1) is 21.8. The van der Waals surface area contributed by atoms with Gasteiger partial charge in [-0.05, 0) is 5.57 Å². The summed E-state index contributed by atoms with van der Waals surface area (Å²) in [4.78, 5) is 50.9. The molecular formula is C33H26KN5O5S2. The van der Waals surface area contributed by atoms with Crippen LogP contribution in [0.5, 0.6) is 0 Å². The molecule has 3 N–H and O–H groups in total. The zero-order chi connectivity index (χ0) is 31.6. The third-order valence-electron chi connectivity index (χ3n) is 7.52. The number of rotatable bonds is 10. The van der Waals surface area contributed by atoms with Crippen molar-refractivity contribution < 1.29 is 75.7 Å². The predicted molar refractivity (Wildman–Crippen MR) is 171 cm³/mol. The Bertz CT molecular complexity index is 1740. The number of aromatic nitrogens is 1. The Kier molecular flexibility index (Phi) is 10.6. The molecule has 2 aliphatic rings. The number of nitrogens with zero attached hydrogens (tertiary/aromatic N) is 3. The van der Waals surface area contributed by atoms with Crippen molar-refractivity contribution in [3.8, 4) is 0 Å². The number of benzene rings is 3. The van der Waals surface area contributed by atoms with Crippen LogP contribution in [0.4, 0.5) is 5.13 Å². The van der Waals surface area contributed by atoms with Crippen LogP contribution in [0.15, 0.2) is 125 Å². The molecular weight excluding hydrogens is 650 g/mol. The molecule has 6 rings (SSSR count). The van der Waals surface area contributed by atoms with E-state index in [2.05, 4.69) is 22.0 Å². The molecule has 0 saturated carbocycles. The number of β-lactam (4-membered cyclic amide) rings is 1. The number of nitrogen functional groups attached to an aromatic ring is 1. The Labute approximate surface area is 315 Å². The maximum absolute atomic E-state index is 13.9. The van der Waals surface area contributed by atoms with E-state index in [1.165, 1.54) is 17.8 Å². The maximum atomic E-state index is 13.9. The van der Waals surface area contributed by atoms with Gasteiger partial charge < -0.3 is 25.8 Å². The van der Waals surface area contributed by atoms with Gasteiger partial charge in [-0.3, -0.25) is 14.5 Å². The van der Waals surface area contributed by atoms with Crippen LogP contribution in [0.2, 0.25) is 0 Å². The van der Waals surface area contributed by atoms with E-state index >= 15 is 0 Å². The second-order valence-electron chi connectivity index (χ2n) is 10.1. The standard InChI is InChI=1S/C33H27N5O5S2.K/c1-2-20-18-44-30-26(29(40)38(30)27(20)31(41)42)36-28(39)25(24-19-45-32(34)35-24)37-43-33(21-12-6-3-7-13-21,22-14-8-4-9-15-22)23-16-10-5-11-17-23;/h2-17,19,26,30H,1,18H2,(H2,34,35)(H,36,39)(H,41,42);/q;+1/p-1/b37-25-;/t26?,30-;/m0./s1. The zero-order valence-electron chi connectivity index (χ0n) is 24.7. The van der Waals surface area contributed by atoms with Gasteiger partial charge in [0, 0.05) is 27.8 Å². The van der Waals surface area contributed by atoms with E-state index in [0.29, 0.717) is 5.57 Å². The van der Waals surface area contributed by atoms with Gasteiger partial charge in [0.25, 0.3) is 11.8 Å². The van der Waals surface area contributed by atoms with E-state index in [1.54, 1.807) is 5.38 Å². The van der Waals surface area contributed by atoms with Gasteiger partial charge >= 0.3 is 51.4 Å². The molecule has 3 heterocycles. The second-order valence-corrected chi connectivity index (χ2v) is 12.1. The summed E-state index contributed by atoms with van der Waals surface area (Å²) >= 11 is 2.43. The van der Waals surface area contributed by atoms with Crippen molar-refractivity contribution in [3.05, 3.63) is 143 Å². The molecule has 3 aromatic carbocycles. The van der Waals surface area contributed by atoms with Gasteiger partial charge in [0.05, 0.1) is 11.7 Å². The van der Waals surface area contributed by atoms with Crippen LogP contribution in [-0.4, -0.2) is 50.5 Å². The number of hydrogen-bond acceptors (Lipinski definition) is 10. The van der Waals surface area contributed by atoms with Crippen LogP contribution in [-0.2, 0) is 24.8 Å². The Hall–Kier alpha value is -3.56. The van der Waals surface area contributed by atoms with E-state index in [0.717, 1.165) is 32.9 Å². The number of allylic oxidation sites excluding steroid dienone is 1. The Morgan fingerprint density at radius 1 is 1.02 bits per heavy atom. The number of nitrogens with one attached hydrogen (secondary N) is 1. The van der Waals surface area contributed by atoms with Crippen molar-refractivity contribution in [1.29, 1.82) is 0 Å². The number of fused-ring (bicyclic) bond motifs is 1. The fourth-order valence-electron chi connectivity index (χ4n) is 5.39. The Morgan fingerprint density at radius 2 is 1.57 bits per heavy atom. The molecule has 46 heavy (non-hydrogen) atoms. The predicted octanol–water partition coefficient (Wildman–Crippen LogP) is 0.0320. The monoisotopic (exact) mass is 675 g/mol. The van der Waals surface area contributed by atoms with Gasteiger partial charge in [0.1, 0.15) is 17.1 Å². The van der Waals surface area contributed by atoms with Gasteiger partial charge in [0.2, 0.25) is 5.60 Å². The molecule has 1 unspecified atom stereocenters. The number of thioether (sulfide) groups is 1. The van der Waals surface area contributed by atoms with Crippen LogP contribution >= 0.6 is 23.1 Å². The van der Waals surface area contributed by atoms with Gasteiger partial charge in [-0.15, -0.1) is 23.1 Å². The van der Waals surface area contributed by atoms with E-state index in [9.17, 15) is 19.5 Å². The number of anilines is 1. The number of carboxylic acids is 1. The number of amides is 2. The van der Waals surface area contributed by atoms with Crippen LogP contribution < -0.4 is 67.5 Å². The molecule has 0 bridgehead atoms. The third-order valence-corrected chi connectivity index (χ3v) is 9.49. The average molecular weight is 676 g/mol. The molecule has 0 aliphatic carbocycles. The molecule has 1 fully saturated rings. The largest absolute Gasteiger partial charge is 1.00 e. The first-order valence-electron chi connectivity index (χ1n) is 13.8. The minimum atomic E-state index is -1.49. The summed E-state index contributed by atoms with van der Waals surface area (Å²) in [5, 5.41) is 20.2. The smallest absolute Gasteiger partial charge is 0.543 e. The average Bonchev–Trinajstić information content (AvgIpc) is 3.51. The van der Waals surface area contributed by atoms with Crippen molar-refractivity contribution in [2.45, 2.75) is 17.0 Å². The minimum absolute atomic E-state index is 0. The normalized spacial score (nSPS) is 17.7. The second kappa shape index (κ2) is 14.5. The Balaban J connectivity index is 0.00000417. The number of aliphatic carboxylic acids is 1. The quantitative estimate of drug-likeness (QED) is 0.0787. The third kappa shape index (κ3) is 6.23. The SMILES string of the molecule is C=CC1=C(C(=O)[O-])N2C(=O)C(NC(=O)/C(=N\OC(c3ccccc3)(c3ccccc3)c3ccccc3)c3csc(N)n3)[C@@H]2SC1.[K+]. The fraction of sp³-hybridized carbons (Fsp3) is 0.121. The molecule has 1 aromatic heterocycles. The van der Waals surface area contributed by atoms with E-state index in [4.69, 9.17) is 10.6 Å². The first kappa shape index (κ1) is 33.8. The number of thiazole rings is 1. The number of oxime groups is 1. The van der Waals surface area contributed by atoms with E-state index in [1.807, 2.05) is 91.0 Å². The van der Waals surface area contributed by atoms with Crippen molar-refractivity contribution >= 4 is 51.7 Å². The summed E-state index contributed by atoms with van der Waals surface area (Å²) in [6, 6.07) is 27.5. The molecule has 0 spiro atoms. The molecule has 2 amide bonds. The van der Waals surface area contributed by atoms with Crippen molar-refractivity contribution in [3.63, 3.8) is 0 Å². The summed E-state index contributed by atoms with van der Waals surface area (Å²) in [7, 11) is 0. The summed E-state index contributed by atoms with van der Waals surface area (Å²) in [6.45, 7) is 3.64.